The Balaban J connectivity index is 2.37. The Bertz CT molecular complexity index is 495. The first-order valence-corrected chi connectivity index (χ1v) is 5.83. The molecule has 88 valence electrons. The van der Waals surface area contributed by atoms with E-state index in [9.17, 15) is 0 Å². The van der Waals surface area contributed by atoms with Gasteiger partial charge in [-0.05, 0) is 43.0 Å². The zero-order valence-corrected chi connectivity index (χ0v) is 10.6. The SMILES string of the molecule is Cc1ccc(C)c(Cc2cc(C)cnc2N)c1. The van der Waals surface area contributed by atoms with Crippen molar-refractivity contribution in [1.82, 2.24) is 4.98 Å². The number of benzene rings is 1. The molecule has 0 saturated heterocycles. The molecule has 2 heteroatoms. The Labute approximate surface area is 103 Å². The minimum Gasteiger partial charge on any atom is -0.383 e. The van der Waals surface area contributed by atoms with Gasteiger partial charge in [-0.2, -0.15) is 0 Å². The summed E-state index contributed by atoms with van der Waals surface area (Å²) in [6.45, 7) is 6.29. The van der Waals surface area contributed by atoms with Crippen LogP contribution in [0, 0.1) is 20.8 Å². The number of nitrogens with two attached hydrogens (primary N) is 1. The number of pyridine rings is 1. The third-order valence-electron chi connectivity index (χ3n) is 3.02. The van der Waals surface area contributed by atoms with Gasteiger partial charge in [-0.15, -0.1) is 0 Å². The number of nitrogen functional groups attached to an aromatic ring is 1. The summed E-state index contributed by atoms with van der Waals surface area (Å²) in [6, 6.07) is 8.63. The zero-order valence-electron chi connectivity index (χ0n) is 10.6. The zero-order chi connectivity index (χ0) is 12.4. The highest BCUT2D eigenvalue weighted by atomic mass is 14.8. The minimum atomic E-state index is 0.636. The summed E-state index contributed by atoms with van der Waals surface area (Å²) in [6.07, 6.45) is 2.66. The molecule has 0 fully saturated rings. The lowest BCUT2D eigenvalue weighted by Gasteiger charge is -2.09. The summed E-state index contributed by atoms with van der Waals surface area (Å²) < 4.78 is 0. The van der Waals surface area contributed by atoms with Crippen LogP contribution in [0.5, 0.6) is 0 Å². The van der Waals surface area contributed by atoms with Crippen LogP contribution in [0.1, 0.15) is 27.8 Å². The van der Waals surface area contributed by atoms with E-state index in [0.29, 0.717) is 5.82 Å². The van der Waals surface area contributed by atoms with Crippen molar-refractivity contribution in [3.05, 3.63) is 58.3 Å². The topological polar surface area (TPSA) is 38.9 Å². The van der Waals surface area contributed by atoms with Gasteiger partial charge in [-0.1, -0.05) is 29.8 Å². The molecular formula is C15H18N2. The van der Waals surface area contributed by atoms with Crippen LogP contribution in [-0.2, 0) is 6.42 Å². The molecule has 1 heterocycles. The lowest BCUT2D eigenvalue weighted by Crippen LogP contribution is -2.00. The molecule has 0 bridgehead atoms. The summed E-state index contributed by atoms with van der Waals surface area (Å²) in [7, 11) is 0. The Morgan fingerprint density at radius 3 is 2.47 bits per heavy atom. The molecule has 0 aliphatic carbocycles. The van der Waals surface area contributed by atoms with Gasteiger partial charge in [0.05, 0.1) is 0 Å². The van der Waals surface area contributed by atoms with Crippen LogP contribution in [0.2, 0.25) is 0 Å². The summed E-state index contributed by atoms with van der Waals surface area (Å²) >= 11 is 0. The van der Waals surface area contributed by atoms with Crippen LogP contribution in [0.25, 0.3) is 0 Å². The van der Waals surface area contributed by atoms with Crippen LogP contribution < -0.4 is 5.73 Å². The normalized spacial score (nSPS) is 10.5. The molecular weight excluding hydrogens is 208 g/mol. The quantitative estimate of drug-likeness (QED) is 0.854. The predicted octanol–water partition coefficient (Wildman–Crippen LogP) is 3.18. The molecule has 0 atom stereocenters. The fourth-order valence-electron chi connectivity index (χ4n) is 1.98. The van der Waals surface area contributed by atoms with Crippen LogP contribution >= 0.6 is 0 Å². The van der Waals surface area contributed by atoms with Gasteiger partial charge in [0.15, 0.2) is 0 Å². The van der Waals surface area contributed by atoms with Crippen molar-refractivity contribution in [1.29, 1.82) is 0 Å². The van der Waals surface area contributed by atoms with Gasteiger partial charge >= 0.3 is 0 Å². The van der Waals surface area contributed by atoms with E-state index in [1.165, 1.54) is 16.7 Å². The lowest BCUT2D eigenvalue weighted by atomic mass is 9.98. The third kappa shape index (κ3) is 2.64. The number of rotatable bonds is 2. The highest BCUT2D eigenvalue weighted by molar-refractivity contribution is 5.45. The fourth-order valence-corrected chi connectivity index (χ4v) is 1.98. The second kappa shape index (κ2) is 4.58. The third-order valence-corrected chi connectivity index (χ3v) is 3.02. The Hall–Kier alpha value is -1.83. The van der Waals surface area contributed by atoms with Crippen LogP contribution in [0.3, 0.4) is 0 Å². The summed E-state index contributed by atoms with van der Waals surface area (Å²) in [5.74, 6) is 0.636. The first-order chi connectivity index (χ1) is 8.06. The molecule has 17 heavy (non-hydrogen) atoms. The van der Waals surface area contributed by atoms with Crippen LogP contribution in [-0.4, -0.2) is 4.98 Å². The summed E-state index contributed by atoms with van der Waals surface area (Å²) in [5.41, 5.74) is 12.1. The number of aryl methyl sites for hydroxylation is 3. The van der Waals surface area contributed by atoms with E-state index in [4.69, 9.17) is 5.73 Å². The van der Waals surface area contributed by atoms with Crippen molar-refractivity contribution in [2.75, 3.05) is 5.73 Å². The molecule has 0 aliphatic rings. The summed E-state index contributed by atoms with van der Waals surface area (Å²) in [5, 5.41) is 0. The highest BCUT2D eigenvalue weighted by Crippen LogP contribution is 2.19. The van der Waals surface area contributed by atoms with Gasteiger partial charge in [0, 0.05) is 12.6 Å². The van der Waals surface area contributed by atoms with Crippen molar-refractivity contribution in [3.63, 3.8) is 0 Å². The van der Waals surface area contributed by atoms with Crippen molar-refractivity contribution >= 4 is 5.82 Å². The Morgan fingerprint density at radius 1 is 1.00 bits per heavy atom. The number of hydrogen-bond donors (Lipinski definition) is 1. The molecule has 2 nitrogen and oxygen atoms in total. The number of aromatic nitrogens is 1. The van der Waals surface area contributed by atoms with Crippen LogP contribution in [0.15, 0.2) is 30.5 Å². The molecule has 0 unspecified atom stereocenters. The smallest absolute Gasteiger partial charge is 0.126 e. The van der Waals surface area contributed by atoms with Gasteiger partial charge in [-0.25, -0.2) is 4.98 Å². The lowest BCUT2D eigenvalue weighted by molar-refractivity contribution is 1.11. The molecule has 0 radical (unpaired) electrons. The molecule has 2 aromatic rings. The van der Waals surface area contributed by atoms with E-state index in [2.05, 4.69) is 43.1 Å². The van der Waals surface area contributed by atoms with E-state index >= 15 is 0 Å². The van der Waals surface area contributed by atoms with Gasteiger partial charge in [0.1, 0.15) is 5.82 Å². The molecule has 0 aliphatic heterocycles. The van der Waals surface area contributed by atoms with Gasteiger partial charge in [-0.3, -0.25) is 0 Å². The average molecular weight is 226 g/mol. The predicted molar refractivity (Wildman–Crippen MR) is 72.1 cm³/mol. The highest BCUT2D eigenvalue weighted by Gasteiger charge is 2.05. The van der Waals surface area contributed by atoms with E-state index in [0.717, 1.165) is 17.5 Å². The number of hydrogen-bond acceptors (Lipinski definition) is 2. The van der Waals surface area contributed by atoms with Gasteiger partial charge in [0.2, 0.25) is 0 Å². The molecule has 2 rings (SSSR count). The first-order valence-electron chi connectivity index (χ1n) is 5.83. The molecule has 1 aromatic carbocycles. The van der Waals surface area contributed by atoms with Gasteiger partial charge in [0.25, 0.3) is 0 Å². The molecule has 0 saturated carbocycles. The Morgan fingerprint density at radius 2 is 1.71 bits per heavy atom. The fraction of sp³-hybridized carbons (Fsp3) is 0.267. The van der Waals surface area contributed by atoms with Crippen molar-refractivity contribution in [2.24, 2.45) is 0 Å². The average Bonchev–Trinajstić information content (AvgIpc) is 2.28. The molecule has 2 N–H and O–H groups in total. The maximum atomic E-state index is 5.91. The monoisotopic (exact) mass is 226 g/mol. The standard InChI is InChI=1S/C15H18N2/c1-10-4-5-12(3)13(6-10)8-14-7-11(2)9-17-15(14)16/h4-7,9H,8H2,1-3H3,(H2,16,17). The van der Waals surface area contributed by atoms with E-state index in [1.807, 2.05) is 13.1 Å². The van der Waals surface area contributed by atoms with E-state index in [-0.39, 0.29) is 0 Å². The van der Waals surface area contributed by atoms with Crippen molar-refractivity contribution in [2.45, 2.75) is 27.2 Å². The maximum absolute atomic E-state index is 5.91. The maximum Gasteiger partial charge on any atom is 0.126 e. The molecule has 0 spiro atoms. The van der Waals surface area contributed by atoms with Crippen LogP contribution in [0.4, 0.5) is 5.82 Å². The number of nitrogens with zero attached hydrogens (tertiary/aromatic N) is 1. The molecule has 0 amide bonds. The largest absolute Gasteiger partial charge is 0.383 e. The molecule has 1 aromatic heterocycles. The van der Waals surface area contributed by atoms with Crippen molar-refractivity contribution < 1.29 is 0 Å². The Kier molecular flexibility index (Phi) is 3.14. The minimum absolute atomic E-state index is 0.636. The second-order valence-corrected chi connectivity index (χ2v) is 4.66. The second-order valence-electron chi connectivity index (χ2n) is 4.66. The van der Waals surface area contributed by atoms with E-state index < -0.39 is 0 Å². The summed E-state index contributed by atoms with van der Waals surface area (Å²) in [4.78, 5) is 4.20. The number of anilines is 1. The van der Waals surface area contributed by atoms with Gasteiger partial charge < -0.3 is 5.73 Å². The van der Waals surface area contributed by atoms with Crippen molar-refractivity contribution in [3.8, 4) is 0 Å². The van der Waals surface area contributed by atoms with E-state index in [1.54, 1.807) is 0 Å². The first kappa shape index (κ1) is 11.6.